The number of rotatable bonds is 6. The normalized spacial score (nSPS) is 19.5. The number of benzene rings is 2. The molecule has 0 unspecified atom stereocenters. The molecule has 32 heavy (non-hydrogen) atoms. The molecule has 2 aromatic rings. The fourth-order valence-corrected chi connectivity index (χ4v) is 4.34. The summed E-state index contributed by atoms with van der Waals surface area (Å²) in [5, 5.41) is 2.17. The number of alkyl halides is 3. The zero-order valence-electron chi connectivity index (χ0n) is 18.1. The molecule has 9 heteroatoms. The third-order valence-electron chi connectivity index (χ3n) is 5.74. The van der Waals surface area contributed by atoms with Crippen molar-refractivity contribution < 1.29 is 27.4 Å². The molecular formula is C23H26ClF3N2O3. The summed E-state index contributed by atoms with van der Waals surface area (Å²) in [5.74, 6) is 0.834. The van der Waals surface area contributed by atoms with Gasteiger partial charge in [0, 0.05) is 17.8 Å². The molecule has 0 saturated carbocycles. The van der Waals surface area contributed by atoms with Crippen LogP contribution in [0.25, 0.3) is 0 Å². The van der Waals surface area contributed by atoms with Gasteiger partial charge in [0.05, 0.1) is 31.4 Å². The van der Waals surface area contributed by atoms with E-state index in [-0.39, 0.29) is 30.2 Å². The number of hydrogen-bond acceptors (Lipinski definition) is 4. The van der Waals surface area contributed by atoms with Gasteiger partial charge in [-0.1, -0.05) is 24.1 Å². The Kier molecular flexibility index (Phi) is 7.56. The Labute approximate surface area is 190 Å². The van der Waals surface area contributed by atoms with Crippen LogP contribution in [0.5, 0.6) is 11.5 Å². The summed E-state index contributed by atoms with van der Waals surface area (Å²) in [4.78, 5) is 14.8. The first kappa shape index (κ1) is 24.2. The first-order valence-corrected chi connectivity index (χ1v) is 10.7. The van der Waals surface area contributed by atoms with Gasteiger partial charge in [0.25, 0.3) is 0 Å². The molecule has 1 heterocycles. The van der Waals surface area contributed by atoms with Crippen molar-refractivity contribution in [3.05, 3.63) is 52.5 Å². The van der Waals surface area contributed by atoms with E-state index in [2.05, 4.69) is 10.2 Å². The lowest BCUT2D eigenvalue weighted by atomic mass is 9.91. The quantitative estimate of drug-likeness (QED) is 0.568. The summed E-state index contributed by atoms with van der Waals surface area (Å²) < 4.78 is 50.1. The highest BCUT2D eigenvalue weighted by molar-refractivity contribution is 6.31. The number of likely N-dealkylation sites (tertiary alicyclic amines) is 1. The standard InChI is InChI=1S/C23H26ClF3N2O3/c1-14-5-4-6-19(15-7-10-20(31-2)21(11-15)32-3)29(14)13-22(30)28-16-8-9-18(24)17(12-16)23(25,26)27/h7-12,14,19H,4-6,13H2,1-3H3,(H,28,30)/t14-,19-/m0/s1. The van der Waals surface area contributed by atoms with Crippen LogP contribution in [0.2, 0.25) is 5.02 Å². The van der Waals surface area contributed by atoms with E-state index in [9.17, 15) is 18.0 Å². The van der Waals surface area contributed by atoms with Crippen molar-refractivity contribution in [1.29, 1.82) is 0 Å². The summed E-state index contributed by atoms with van der Waals surface area (Å²) in [6.45, 7) is 2.09. The molecule has 1 N–H and O–H groups in total. The molecule has 2 aromatic carbocycles. The molecular weight excluding hydrogens is 445 g/mol. The van der Waals surface area contributed by atoms with E-state index in [1.165, 1.54) is 6.07 Å². The van der Waals surface area contributed by atoms with E-state index < -0.39 is 16.8 Å². The average molecular weight is 471 g/mol. The Balaban J connectivity index is 1.79. The van der Waals surface area contributed by atoms with Crippen LogP contribution in [0, 0.1) is 0 Å². The minimum absolute atomic E-state index is 0.0275. The van der Waals surface area contributed by atoms with Crippen LogP contribution in [0.1, 0.15) is 43.4 Å². The van der Waals surface area contributed by atoms with Crippen LogP contribution in [0.15, 0.2) is 36.4 Å². The van der Waals surface area contributed by atoms with Crippen LogP contribution in [0.3, 0.4) is 0 Å². The maximum absolute atomic E-state index is 13.1. The van der Waals surface area contributed by atoms with E-state index >= 15 is 0 Å². The summed E-state index contributed by atoms with van der Waals surface area (Å²) >= 11 is 5.67. The van der Waals surface area contributed by atoms with Crippen molar-refractivity contribution >= 4 is 23.2 Å². The third kappa shape index (κ3) is 5.48. The van der Waals surface area contributed by atoms with Crippen LogP contribution in [0.4, 0.5) is 18.9 Å². The van der Waals surface area contributed by atoms with Crippen molar-refractivity contribution in [1.82, 2.24) is 4.90 Å². The van der Waals surface area contributed by atoms with Gasteiger partial charge in [-0.15, -0.1) is 0 Å². The smallest absolute Gasteiger partial charge is 0.417 e. The molecule has 1 saturated heterocycles. The lowest BCUT2D eigenvalue weighted by Crippen LogP contribution is -2.44. The van der Waals surface area contributed by atoms with Gasteiger partial charge in [-0.2, -0.15) is 13.2 Å². The molecule has 1 aliphatic rings. The number of amides is 1. The van der Waals surface area contributed by atoms with Crippen molar-refractivity contribution in [3.8, 4) is 11.5 Å². The monoisotopic (exact) mass is 470 g/mol. The topological polar surface area (TPSA) is 50.8 Å². The number of ether oxygens (including phenoxy) is 2. The highest BCUT2D eigenvalue weighted by atomic mass is 35.5. The molecule has 1 fully saturated rings. The van der Waals surface area contributed by atoms with E-state index in [0.717, 1.165) is 37.0 Å². The fourth-order valence-electron chi connectivity index (χ4n) is 4.12. The largest absolute Gasteiger partial charge is 0.493 e. The first-order chi connectivity index (χ1) is 15.1. The van der Waals surface area contributed by atoms with Crippen molar-refractivity contribution in [2.75, 3.05) is 26.1 Å². The number of carbonyl (C=O) groups is 1. The summed E-state index contributed by atoms with van der Waals surface area (Å²) in [7, 11) is 3.13. The van der Waals surface area contributed by atoms with Gasteiger partial charge < -0.3 is 14.8 Å². The Bertz CT molecular complexity index is 968. The number of nitrogens with one attached hydrogen (secondary N) is 1. The SMILES string of the molecule is COc1ccc([C@@H]2CCC[C@H](C)N2CC(=O)Nc2ccc(Cl)c(C(F)(F)F)c2)cc1OC. The zero-order chi connectivity index (χ0) is 23.5. The number of hydrogen-bond donors (Lipinski definition) is 1. The molecule has 0 spiro atoms. The van der Waals surface area contributed by atoms with Crippen molar-refractivity contribution in [3.63, 3.8) is 0 Å². The molecule has 3 rings (SSSR count). The molecule has 2 atom stereocenters. The van der Waals surface area contributed by atoms with Crippen molar-refractivity contribution in [2.24, 2.45) is 0 Å². The van der Waals surface area contributed by atoms with Crippen LogP contribution in [-0.2, 0) is 11.0 Å². The van der Waals surface area contributed by atoms with Gasteiger partial charge in [0.1, 0.15) is 0 Å². The van der Waals surface area contributed by atoms with E-state index in [4.69, 9.17) is 21.1 Å². The zero-order valence-corrected chi connectivity index (χ0v) is 18.9. The molecule has 5 nitrogen and oxygen atoms in total. The molecule has 0 bridgehead atoms. The fraction of sp³-hybridized carbons (Fsp3) is 0.435. The van der Waals surface area contributed by atoms with Gasteiger partial charge in [0.2, 0.25) is 5.91 Å². The van der Waals surface area contributed by atoms with Gasteiger partial charge in [-0.25, -0.2) is 0 Å². The van der Waals surface area contributed by atoms with E-state index in [1.807, 2.05) is 25.1 Å². The van der Waals surface area contributed by atoms with Crippen LogP contribution in [-0.4, -0.2) is 37.6 Å². The minimum atomic E-state index is -4.60. The summed E-state index contributed by atoms with van der Waals surface area (Å²) in [5.41, 5.74) is 0.0680. The average Bonchev–Trinajstić information content (AvgIpc) is 2.75. The van der Waals surface area contributed by atoms with Crippen LogP contribution < -0.4 is 14.8 Å². The molecule has 0 aromatic heterocycles. The molecule has 174 valence electrons. The van der Waals surface area contributed by atoms with Crippen LogP contribution >= 0.6 is 11.6 Å². The Morgan fingerprint density at radius 3 is 2.50 bits per heavy atom. The Morgan fingerprint density at radius 2 is 1.84 bits per heavy atom. The third-order valence-corrected chi connectivity index (χ3v) is 6.07. The van der Waals surface area contributed by atoms with E-state index in [1.54, 1.807) is 14.2 Å². The predicted octanol–water partition coefficient (Wildman–Crippen LogP) is 5.93. The molecule has 0 radical (unpaired) electrons. The first-order valence-electron chi connectivity index (χ1n) is 10.3. The molecule has 1 amide bonds. The van der Waals surface area contributed by atoms with Gasteiger partial charge in [-0.3, -0.25) is 9.69 Å². The second-order valence-electron chi connectivity index (χ2n) is 7.82. The molecule has 1 aliphatic heterocycles. The van der Waals surface area contributed by atoms with E-state index in [0.29, 0.717) is 11.5 Å². The maximum Gasteiger partial charge on any atom is 0.417 e. The lowest BCUT2D eigenvalue weighted by molar-refractivity contribution is -0.137. The lowest BCUT2D eigenvalue weighted by Gasteiger charge is -2.40. The molecule has 0 aliphatic carbocycles. The Morgan fingerprint density at radius 1 is 1.12 bits per heavy atom. The number of halogens is 4. The number of anilines is 1. The van der Waals surface area contributed by atoms with Crippen molar-refractivity contribution in [2.45, 2.75) is 44.4 Å². The maximum atomic E-state index is 13.1. The second kappa shape index (κ2) is 10.0. The number of methoxy groups -OCH3 is 2. The second-order valence-corrected chi connectivity index (χ2v) is 8.23. The Hall–Kier alpha value is -2.45. The number of nitrogens with zero attached hydrogens (tertiary/aromatic N) is 1. The summed E-state index contributed by atoms with van der Waals surface area (Å²) in [6.07, 6.45) is -1.81. The summed E-state index contributed by atoms with van der Waals surface area (Å²) in [6, 6.07) is 9.13. The minimum Gasteiger partial charge on any atom is -0.493 e. The number of carbonyl (C=O) groups excluding carboxylic acids is 1. The van der Waals surface area contributed by atoms with Gasteiger partial charge in [0.15, 0.2) is 11.5 Å². The number of piperidine rings is 1. The highest BCUT2D eigenvalue weighted by Crippen LogP contribution is 2.39. The van der Waals surface area contributed by atoms with Gasteiger partial charge >= 0.3 is 6.18 Å². The highest BCUT2D eigenvalue weighted by Gasteiger charge is 2.34. The van der Waals surface area contributed by atoms with Gasteiger partial charge in [-0.05, 0) is 55.7 Å². The predicted molar refractivity (Wildman–Crippen MR) is 117 cm³/mol.